The summed E-state index contributed by atoms with van der Waals surface area (Å²) in [6.45, 7) is 2.66. The molecule has 0 aliphatic heterocycles. The van der Waals surface area contributed by atoms with Crippen LogP contribution in [0.15, 0.2) is 0 Å². The largest absolute Gasteiger partial charge is 0.340 e. The molecule has 0 bridgehead atoms. The molecule has 0 amide bonds. The minimum atomic E-state index is 1.12. The van der Waals surface area contributed by atoms with Crippen molar-refractivity contribution >= 4 is 0 Å². The van der Waals surface area contributed by atoms with Crippen molar-refractivity contribution in [1.29, 1.82) is 0 Å². The number of nitrogens with zero attached hydrogens (tertiary/aromatic N) is 1. The van der Waals surface area contributed by atoms with Crippen LogP contribution in [-0.2, 0) is 0 Å². The van der Waals surface area contributed by atoms with Crippen molar-refractivity contribution < 1.29 is 9.38 Å². The maximum Gasteiger partial charge on any atom is 0.0780 e. The second-order valence-corrected chi connectivity index (χ2v) is 7.15. The molecule has 0 fully saturated rings. The van der Waals surface area contributed by atoms with Gasteiger partial charge in [-0.15, -0.1) is 0 Å². The van der Waals surface area contributed by atoms with Crippen molar-refractivity contribution in [2.45, 2.75) is 57.8 Å². The molecule has 0 spiro atoms. The lowest BCUT2D eigenvalue weighted by molar-refractivity contribution is -0.870. The van der Waals surface area contributed by atoms with Crippen molar-refractivity contribution in [3.63, 3.8) is 0 Å². The van der Waals surface area contributed by atoms with Crippen molar-refractivity contribution in [2.24, 2.45) is 0 Å². The van der Waals surface area contributed by atoms with Crippen LogP contribution in [0.2, 0.25) is 0 Å². The van der Waals surface area contributed by atoms with Crippen LogP contribution < -0.4 is 4.90 Å². The van der Waals surface area contributed by atoms with Gasteiger partial charge in [-0.2, -0.15) is 0 Å². The summed E-state index contributed by atoms with van der Waals surface area (Å²) in [4.78, 5) is 1.59. The molecule has 1 N–H and O–H groups in total. The highest BCUT2D eigenvalue weighted by Gasteiger charge is 2.04. The van der Waals surface area contributed by atoms with Gasteiger partial charge in [0.05, 0.1) is 48.3 Å². The minimum absolute atomic E-state index is 1.12. The quantitative estimate of drug-likeness (QED) is 0.405. The van der Waals surface area contributed by atoms with Crippen molar-refractivity contribution in [2.75, 3.05) is 48.3 Å². The molecule has 0 saturated carbocycles. The average molecular weight is 258 g/mol. The summed E-state index contributed by atoms with van der Waals surface area (Å²) in [6.07, 6.45) is 12.9. The summed E-state index contributed by atoms with van der Waals surface area (Å²) in [5, 5.41) is 0. The smallest absolute Gasteiger partial charge is 0.0780 e. The number of nitrogens with one attached hydrogen (secondary N) is 1. The number of hydrogen-bond donors (Lipinski definition) is 1. The second kappa shape index (κ2) is 10.8. The summed E-state index contributed by atoms with van der Waals surface area (Å²) in [5.74, 6) is 0. The SMILES string of the molecule is C[NH+](C)CCCCCCCCCCC[N+](C)(C)C. The van der Waals surface area contributed by atoms with Crippen LogP contribution >= 0.6 is 0 Å². The number of rotatable bonds is 12. The molecule has 0 aromatic rings. The highest BCUT2D eigenvalue weighted by Crippen LogP contribution is 2.10. The van der Waals surface area contributed by atoms with Gasteiger partial charge in [-0.25, -0.2) is 0 Å². The predicted octanol–water partition coefficient (Wildman–Crippen LogP) is 2.35. The highest BCUT2D eigenvalue weighted by atomic mass is 15.3. The molecule has 2 heteroatoms. The Hall–Kier alpha value is -0.0800. The Morgan fingerprint density at radius 2 is 1.00 bits per heavy atom. The highest BCUT2D eigenvalue weighted by molar-refractivity contribution is 4.47. The zero-order chi connectivity index (χ0) is 13.9. The third kappa shape index (κ3) is 15.9. The fourth-order valence-corrected chi connectivity index (χ4v) is 2.30. The average Bonchev–Trinajstić information content (AvgIpc) is 2.24. The fraction of sp³-hybridized carbons (Fsp3) is 1.00. The fourth-order valence-electron chi connectivity index (χ4n) is 2.30. The van der Waals surface area contributed by atoms with Gasteiger partial charge < -0.3 is 9.38 Å². The molecule has 2 nitrogen and oxygen atoms in total. The van der Waals surface area contributed by atoms with Crippen LogP contribution in [-0.4, -0.2) is 52.8 Å². The monoisotopic (exact) mass is 258 g/mol. The van der Waals surface area contributed by atoms with E-state index in [1.807, 2.05) is 0 Å². The molecule has 110 valence electrons. The molecular formula is C16H38N2+2. The lowest BCUT2D eigenvalue weighted by Crippen LogP contribution is -3.05. The summed E-state index contributed by atoms with van der Waals surface area (Å²) < 4.78 is 1.12. The summed E-state index contributed by atoms with van der Waals surface area (Å²) in [7, 11) is 11.4. The van der Waals surface area contributed by atoms with Crippen molar-refractivity contribution in [1.82, 2.24) is 0 Å². The van der Waals surface area contributed by atoms with Gasteiger partial charge in [-0.1, -0.05) is 32.1 Å². The summed E-state index contributed by atoms with van der Waals surface area (Å²) >= 11 is 0. The number of quaternary nitrogens is 2. The Balaban J connectivity index is 3.04. The molecule has 0 aromatic carbocycles. The van der Waals surface area contributed by atoms with E-state index >= 15 is 0 Å². The summed E-state index contributed by atoms with van der Waals surface area (Å²) in [5.41, 5.74) is 0. The van der Waals surface area contributed by atoms with E-state index in [1.54, 1.807) is 4.90 Å². The zero-order valence-electron chi connectivity index (χ0n) is 13.7. The van der Waals surface area contributed by atoms with Gasteiger partial charge in [0, 0.05) is 0 Å². The van der Waals surface area contributed by atoms with Crippen LogP contribution in [0.1, 0.15) is 57.8 Å². The first kappa shape index (κ1) is 17.9. The minimum Gasteiger partial charge on any atom is -0.340 e. The van der Waals surface area contributed by atoms with E-state index in [4.69, 9.17) is 0 Å². The standard InChI is InChI=1S/C16H37N2/c1-17(2)15-13-11-9-7-6-8-10-12-14-16-18(3,4)5/h6-16H2,1-5H3/q+1/p+1. The predicted molar refractivity (Wildman–Crippen MR) is 82.1 cm³/mol. The topological polar surface area (TPSA) is 4.44 Å². The Bertz CT molecular complexity index is 170. The normalized spacial score (nSPS) is 12.3. The maximum atomic E-state index is 2.29. The van der Waals surface area contributed by atoms with E-state index in [0.29, 0.717) is 0 Å². The zero-order valence-corrected chi connectivity index (χ0v) is 13.7. The first-order chi connectivity index (χ1) is 8.42. The van der Waals surface area contributed by atoms with E-state index < -0.39 is 0 Å². The Labute approximate surface area is 116 Å². The molecule has 0 heterocycles. The van der Waals surface area contributed by atoms with E-state index in [-0.39, 0.29) is 0 Å². The van der Waals surface area contributed by atoms with E-state index in [0.717, 1.165) is 4.48 Å². The Morgan fingerprint density at radius 3 is 1.39 bits per heavy atom. The third-order valence-electron chi connectivity index (χ3n) is 3.51. The van der Waals surface area contributed by atoms with Gasteiger partial charge in [-0.3, -0.25) is 0 Å². The van der Waals surface area contributed by atoms with E-state index in [9.17, 15) is 0 Å². The molecule has 0 aliphatic rings. The molecule has 0 rings (SSSR count). The molecular weight excluding hydrogens is 220 g/mol. The van der Waals surface area contributed by atoms with E-state index in [1.165, 1.54) is 70.9 Å². The third-order valence-corrected chi connectivity index (χ3v) is 3.51. The van der Waals surface area contributed by atoms with Gasteiger partial charge >= 0.3 is 0 Å². The van der Waals surface area contributed by atoms with Crippen LogP contribution in [0, 0.1) is 0 Å². The van der Waals surface area contributed by atoms with Gasteiger partial charge in [0.1, 0.15) is 0 Å². The van der Waals surface area contributed by atoms with Crippen LogP contribution in [0.3, 0.4) is 0 Å². The van der Waals surface area contributed by atoms with Crippen molar-refractivity contribution in [3.05, 3.63) is 0 Å². The number of hydrogen-bond acceptors (Lipinski definition) is 0. The molecule has 18 heavy (non-hydrogen) atoms. The molecule has 0 aliphatic carbocycles. The van der Waals surface area contributed by atoms with Crippen molar-refractivity contribution in [3.8, 4) is 0 Å². The Morgan fingerprint density at radius 1 is 0.611 bits per heavy atom. The second-order valence-electron chi connectivity index (χ2n) is 7.15. The Kier molecular flexibility index (Phi) is 10.8. The number of unbranched alkanes of at least 4 members (excludes halogenated alkanes) is 8. The summed E-state index contributed by atoms with van der Waals surface area (Å²) in [6, 6.07) is 0. The van der Waals surface area contributed by atoms with Gasteiger partial charge in [0.2, 0.25) is 0 Å². The van der Waals surface area contributed by atoms with Crippen LogP contribution in [0.25, 0.3) is 0 Å². The molecule has 0 aromatic heterocycles. The van der Waals surface area contributed by atoms with Crippen LogP contribution in [0.5, 0.6) is 0 Å². The molecule has 0 saturated heterocycles. The van der Waals surface area contributed by atoms with Crippen LogP contribution in [0.4, 0.5) is 0 Å². The van der Waals surface area contributed by atoms with Gasteiger partial charge in [-0.05, 0) is 25.7 Å². The van der Waals surface area contributed by atoms with Gasteiger partial charge in [0.25, 0.3) is 0 Å². The maximum absolute atomic E-state index is 2.29. The lowest BCUT2D eigenvalue weighted by atomic mass is 10.1. The molecule has 0 atom stereocenters. The molecule has 0 radical (unpaired) electrons. The van der Waals surface area contributed by atoms with Gasteiger partial charge in [0.15, 0.2) is 0 Å². The molecule has 0 unspecified atom stereocenters. The lowest BCUT2D eigenvalue weighted by Gasteiger charge is -2.23. The first-order valence-electron chi connectivity index (χ1n) is 8.01. The van der Waals surface area contributed by atoms with E-state index in [2.05, 4.69) is 35.2 Å². The first-order valence-corrected chi connectivity index (χ1v) is 8.01.